The first-order valence-corrected chi connectivity index (χ1v) is 8.58. The van der Waals surface area contributed by atoms with E-state index in [9.17, 15) is 0 Å². The van der Waals surface area contributed by atoms with Crippen LogP contribution < -0.4 is 4.74 Å². The molecule has 0 spiro atoms. The summed E-state index contributed by atoms with van der Waals surface area (Å²) in [4.78, 5) is 0. The number of fused-ring (bicyclic) bond motifs is 1. The molecule has 0 fully saturated rings. The van der Waals surface area contributed by atoms with Gasteiger partial charge in [0.25, 0.3) is 0 Å². The fourth-order valence-electron chi connectivity index (χ4n) is 3.29. The fraction of sp³-hybridized carbons (Fsp3) is 0.0833. The van der Waals surface area contributed by atoms with E-state index in [0.717, 1.165) is 16.9 Å². The van der Waals surface area contributed by atoms with Crippen LogP contribution in [0.5, 0.6) is 5.75 Å². The van der Waals surface area contributed by atoms with Crippen LogP contribution in [0.15, 0.2) is 84.9 Å². The van der Waals surface area contributed by atoms with Crippen molar-refractivity contribution in [1.82, 2.24) is 0 Å². The molecular formula is C24H20O. The number of ether oxygens (including phenoxy) is 1. The Morgan fingerprint density at radius 3 is 2.00 bits per heavy atom. The normalized spacial score (nSPS) is 17.8. The summed E-state index contributed by atoms with van der Waals surface area (Å²) in [6.07, 6.45) is 4.43. The molecule has 1 heteroatoms. The van der Waals surface area contributed by atoms with Gasteiger partial charge in [-0.1, -0.05) is 78.9 Å². The predicted octanol–water partition coefficient (Wildman–Crippen LogP) is 6.01. The van der Waals surface area contributed by atoms with Crippen LogP contribution in [-0.4, -0.2) is 6.61 Å². The summed E-state index contributed by atoms with van der Waals surface area (Å²) in [5.41, 5.74) is 7.14. The van der Waals surface area contributed by atoms with Crippen molar-refractivity contribution in [1.29, 1.82) is 0 Å². The first-order chi connectivity index (χ1) is 12.3. The highest BCUT2D eigenvalue weighted by Crippen LogP contribution is 2.37. The predicted molar refractivity (Wildman–Crippen MR) is 105 cm³/mol. The van der Waals surface area contributed by atoms with Gasteiger partial charge in [0.15, 0.2) is 0 Å². The van der Waals surface area contributed by atoms with Gasteiger partial charge in [-0.05, 0) is 46.9 Å². The molecule has 1 nitrogen and oxygen atoms in total. The molecule has 0 radical (unpaired) electrons. The lowest BCUT2D eigenvalue weighted by Gasteiger charge is -2.19. The van der Waals surface area contributed by atoms with Crippen molar-refractivity contribution in [2.24, 2.45) is 0 Å². The molecule has 0 bridgehead atoms. The Kier molecular flexibility index (Phi) is 4.22. The highest BCUT2D eigenvalue weighted by Gasteiger charge is 2.15. The van der Waals surface area contributed by atoms with Crippen molar-refractivity contribution in [2.75, 3.05) is 6.61 Å². The summed E-state index contributed by atoms with van der Waals surface area (Å²) in [6.45, 7) is 2.66. The number of benzene rings is 3. The van der Waals surface area contributed by atoms with Gasteiger partial charge >= 0.3 is 0 Å². The van der Waals surface area contributed by atoms with Crippen molar-refractivity contribution < 1.29 is 4.74 Å². The van der Waals surface area contributed by atoms with Crippen LogP contribution in [0, 0.1) is 6.92 Å². The molecule has 0 amide bonds. The van der Waals surface area contributed by atoms with Crippen molar-refractivity contribution in [3.63, 3.8) is 0 Å². The molecule has 0 saturated heterocycles. The number of rotatable bonds is 2. The molecule has 1 aliphatic rings. The molecule has 1 aliphatic heterocycles. The standard InChI is InChI=1S/C24H20O/c1-18-9-8-14-21-17-23(20-12-6-3-7-13-20)22(15-16-25-24(18)21)19-10-4-2-5-11-19/h2-15,17H,16H2,1H3/b22-15-,23-17-. The number of hydrogen-bond acceptors (Lipinski definition) is 1. The van der Waals surface area contributed by atoms with Gasteiger partial charge < -0.3 is 4.74 Å². The Balaban J connectivity index is 1.94. The second-order valence-corrected chi connectivity index (χ2v) is 6.21. The minimum Gasteiger partial charge on any atom is -0.489 e. The van der Waals surface area contributed by atoms with Crippen LogP contribution in [0.25, 0.3) is 17.2 Å². The largest absolute Gasteiger partial charge is 0.489 e. The van der Waals surface area contributed by atoms with E-state index in [2.05, 4.69) is 91.9 Å². The summed E-state index contributed by atoms with van der Waals surface area (Å²) < 4.78 is 6.07. The molecule has 0 aromatic heterocycles. The van der Waals surface area contributed by atoms with Crippen molar-refractivity contribution in [3.8, 4) is 5.75 Å². The molecule has 3 aromatic rings. The molecule has 3 aromatic carbocycles. The average molecular weight is 324 g/mol. The number of para-hydroxylation sites is 1. The van der Waals surface area contributed by atoms with E-state index in [-0.39, 0.29) is 0 Å². The first-order valence-electron chi connectivity index (χ1n) is 8.58. The van der Waals surface area contributed by atoms with Crippen LogP contribution in [0.1, 0.15) is 22.3 Å². The molecule has 1 heterocycles. The van der Waals surface area contributed by atoms with Crippen molar-refractivity contribution >= 4 is 17.2 Å². The van der Waals surface area contributed by atoms with Gasteiger partial charge in [-0.3, -0.25) is 0 Å². The summed E-state index contributed by atoms with van der Waals surface area (Å²) in [5, 5.41) is 0. The molecule has 0 unspecified atom stereocenters. The molecule has 0 saturated carbocycles. The smallest absolute Gasteiger partial charge is 0.129 e. The van der Waals surface area contributed by atoms with Crippen LogP contribution >= 0.6 is 0 Å². The molecule has 0 atom stereocenters. The highest BCUT2D eigenvalue weighted by molar-refractivity contribution is 6.11. The zero-order valence-electron chi connectivity index (χ0n) is 14.3. The van der Waals surface area contributed by atoms with E-state index in [1.165, 1.54) is 22.3 Å². The van der Waals surface area contributed by atoms with E-state index in [1.807, 2.05) is 6.07 Å². The second kappa shape index (κ2) is 6.82. The third-order valence-electron chi connectivity index (χ3n) is 4.52. The Morgan fingerprint density at radius 2 is 1.32 bits per heavy atom. The summed E-state index contributed by atoms with van der Waals surface area (Å²) in [7, 11) is 0. The maximum Gasteiger partial charge on any atom is 0.129 e. The van der Waals surface area contributed by atoms with Crippen molar-refractivity contribution in [3.05, 3.63) is 107 Å². The lowest BCUT2D eigenvalue weighted by Crippen LogP contribution is -2.03. The van der Waals surface area contributed by atoms with Crippen LogP contribution in [0.4, 0.5) is 0 Å². The fourth-order valence-corrected chi connectivity index (χ4v) is 3.29. The maximum absolute atomic E-state index is 6.07. The molecular weight excluding hydrogens is 304 g/mol. The van der Waals surface area contributed by atoms with Crippen LogP contribution in [0.2, 0.25) is 0 Å². The second-order valence-electron chi connectivity index (χ2n) is 6.21. The molecule has 4 rings (SSSR count). The van der Waals surface area contributed by atoms with Gasteiger partial charge in [0.05, 0.1) is 0 Å². The third kappa shape index (κ3) is 3.14. The van der Waals surface area contributed by atoms with Crippen LogP contribution in [0.3, 0.4) is 0 Å². The Hall–Kier alpha value is -3.06. The van der Waals surface area contributed by atoms with E-state index in [0.29, 0.717) is 6.61 Å². The van der Waals surface area contributed by atoms with E-state index in [1.54, 1.807) is 0 Å². The zero-order chi connectivity index (χ0) is 17.1. The summed E-state index contributed by atoms with van der Waals surface area (Å²) in [5.74, 6) is 0.972. The Morgan fingerprint density at radius 1 is 0.680 bits per heavy atom. The van der Waals surface area contributed by atoms with E-state index < -0.39 is 0 Å². The molecule has 0 aliphatic carbocycles. The number of aryl methyl sites for hydroxylation is 1. The lowest BCUT2D eigenvalue weighted by molar-refractivity contribution is 0.360. The quantitative estimate of drug-likeness (QED) is 0.561. The van der Waals surface area contributed by atoms with E-state index >= 15 is 0 Å². The molecule has 122 valence electrons. The number of allylic oxidation sites excluding steroid dienone is 2. The van der Waals surface area contributed by atoms with Gasteiger partial charge in [-0.25, -0.2) is 0 Å². The van der Waals surface area contributed by atoms with Gasteiger partial charge in [0.2, 0.25) is 0 Å². The minimum absolute atomic E-state index is 0.562. The van der Waals surface area contributed by atoms with Crippen LogP contribution in [-0.2, 0) is 0 Å². The van der Waals surface area contributed by atoms with Gasteiger partial charge in [0.1, 0.15) is 12.4 Å². The third-order valence-corrected chi connectivity index (χ3v) is 4.52. The average Bonchev–Trinajstić information content (AvgIpc) is 2.64. The number of hydrogen-bond donors (Lipinski definition) is 0. The highest BCUT2D eigenvalue weighted by atomic mass is 16.5. The molecule has 25 heavy (non-hydrogen) atoms. The Labute approximate surface area is 148 Å². The molecule has 0 N–H and O–H groups in total. The lowest BCUT2D eigenvalue weighted by atomic mass is 9.89. The van der Waals surface area contributed by atoms with E-state index in [4.69, 9.17) is 4.74 Å². The first kappa shape index (κ1) is 15.5. The zero-order valence-corrected chi connectivity index (χ0v) is 14.3. The Bertz CT molecular complexity index is 934. The van der Waals surface area contributed by atoms with Crippen molar-refractivity contribution in [2.45, 2.75) is 6.92 Å². The minimum atomic E-state index is 0.562. The topological polar surface area (TPSA) is 9.23 Å². The SMILES string of the molecule is Cc1cccc2c1OC/C=C(c1ccccc1)\C(c1ccccc1)=C/2. The van der Waals surface area contributed by atoms with Gasteiger partial charge in [0, 0.05) is 5.56 Å². The summed E-state index contributed by atoms with van der Waals surface area (Å²) >= 11 is 0. The van der Waals surface area contributed by atoms with Gasteiger partial charge in [-0.2, -0.15) is 0 Å². The monoisotopic (exact) mass is 324 g/mol. The summed E-state index contributed by atoms with van der Waals surface area (Å²) in [6, 6.07) is 27.4. The van der Waals surface area contributed by atoms with Gasteiger partial charge in [-0.15, -0.1) is 0 Å². The maximum atomic E-state index is 6.07.